The Hall–Kier alpha value is -1.59. The Morgan fingerprint density at radius 1 is 1.50 bits per heavy atom. The summed E-state index contributed by atoms with van der Waals surface area (Å²) in [6, 6.07) is 6.13. The van der Waals surface area contributed by atoms with Gasteiger partial charge in [-0.05, 0) is 24.3 Å². The highest BCUT2D eigenvalue weighted by atomic mass is 35.5. The van der Waals surface area contributed by atoms with Crippen LogP contribution in [0.5, 0.6) is 0 Å². The number of hydrogen-bond acceptors (Lipinski definition) is 3. The normalized spacial score (nSPS) is 12.4. The van der Waals surface area contributed by atoms with Crippen molar-refractivity contribution in [1.29, 1.82) is 0 Å². The molecular formula is C12H13ClFN3O. The van der Waals surface area contributed by atoms with E-state index in [0.29, 0.717) is 17.3 Å². The third-order valence-electron chi connectivity index (χ3n) is 2.42. The lowest BCUT2D eigenvalue weighted by Gasteiger charge is -2.13. The number of nitrogens with zero attached hydrogens (tertiary/aromatic N) is 2. The first-order valence-corrected chi connectivity index (χ1v) is 5.87. The molecule has 96 valence electrons. The van der Waals surface area contributed by atoms with Crippen molar-refractivity contribution in [1.82, 2.24) is 9.78 Å². The minimum atomic E-state index is -0.653. The Balaban J connectivity index is 1.87. The van der Waals surface area contributed by atoms with Gasteiger partial charge in [0.2, 0.25) is 0 Å². The predicted molar refractivity (Wildman–Crippen MR) is 68.1 cm³/mol. The zero-order valence-electron chi connectivity index (χ0n) is 9.55. The molecule has 0 amide bonds. The van der Waals surface area contributed by atoms with E-state index < -0.39 is 11.9 Å². The molecule has 1 aromatic carbocycles. The second-order valence-electron chi connectivity index (χ2n) is 3.89. The zero-order chi connectivity index (χ0) is 13.0. The van der Waals surface area contributed by atoms with Crippen LogP contribution in [-0.2, 0) is 6.54 Å². The topological polar surface area (TPSA) is 50.1 Å². The molecule has 0 spiro atoms. The van der Waals surface area contributed by atoms with Crippen molar-refractivity contribution < 1.29 is 9.50 Å². The lowest BCUT2D eigenvalue weighted by molar-refractivity contribution is 0.161. The van der Waals surface area contributed by atoms with Gasteiger partial charge in [-0.2, -0.15) is 5.10 Å². The molecule has 6 heteroatoms. The first kappa shape index (κ1) is 12.9. The van der Waals surface area contributed by atoms with E-state index in [1.165, 1.54) is 12.1 Å². The Kier molecular flexibility index (Phi) is 4.17. The number of benzene rings is 1. The van der Waals surface area contributed by atoms with E-state index >= 15 is 0 Å². The highest BCUT2D eigenvalue weighted by Gasteiger charge is 2.07. The highest BCUT2D eigenvalue weighted by Crippen LogP contribution is 2.18. The Morgan fingerprint density at radius 3 is 3.00 bits per heavy atom. The van der Waals surface area contributed by atoms with Crippen LogP contribution in [0, 0.1) is 5.82 Å². The van der Waals surface area contributed by atoms with Crippen LogP contribution in [0.4, 0.5) is 10.1 Å². The van der Waals surface area contributed by atoms with Gasteiger partial charge in [-0.3, -0.25) is 4.68 Å². The SMILES string of the molecule is OC(CNc1ccc(Cl)cc1F)Cn1cccn1. The van der Waals surface area contributed by atoms with Gasteiger partial charge in [-0.1, -0.05) is 11.6 Å². The van der Waals surface area contributed by atoms with Gasteiger partial charge in [-0.25, -0.2) is 4.39 Å². The molecule has 2 N–H and O–H groups in total. The number of aliphatic hydroxyl groups excluding tert-OH is 1. The van der Waals surface area contributed by atoms with Crippen LogP contribution in [0.2, 0.25) is 5.02 Å². The molecule has 0 saturated heterocycles. The van der Waals surface area contributed by atoms with Crippen LogP contribution in [0.1, 0.15) is 0 Å². The van der Waals surface area contributed by atoms with Crippen molar-refractivity contribution in [3.63, 3.8) is 0 Å². The molecule has 0 bridgehead atoms. The van der Waals surface area contributed by atoms with Crippen LogP contribution in [0.25, 0.3) is 0 Å². The number of aromatic nitrogens is 2. The first-order chi connectivity index (χ1) is 8.65. The zero-order valence-corrected chi connectivity index (χ0v) is 10.3. The molecule has 4 nitrogen and oxygen atoms in total. The minimum absolute atomic E-state index is 0.235. The van der Waals surface area contributed by atoms with Gasteiger partial charge in [0.15, 0.2) is 0 Å². The molecule has 2 rings (SSSR count). The molecule has 0 fully saturated rings. The number of halogens is 2. The van der Waals surface area contributed by atoms with Gasteiger partial charge >= 0.3 is 0 Å². The summed E-state index contributed by atoms with van der Waals surface area (Å²) < 4.78 is 15.0. The fourth-order valence-corrected chi connectivity index (χ4v) is 1.71. The minimum Gasteiger partial charge on any atom is -0.389 e. The molecule has 0 radical (unpaired) electrons. The van der Waals surface area contributed by atoms with Gasteiger partial charge < -0.3 is 10.4 Å². The molecule has 0 aliphatic carbocycles. The number of hydrogen-bond donors (Lipinski definition) is 2. The summed E-state index contributed by atoms with van der Waals surface area (Å²) in [7, 11) is 0. The van der Waals surface area contributed by atoms with Crippen molar-refractivity contribution in [2.75, 3.05) is 11.9 Å². The summed E-state index contributed by atoms with van der Waals surface area (Å²) in [6.07, 6.45) is 2.74. The quantitative estimate of drug-likeness (QED) is 0.874. The maximum atomic E-state index is 13.4. The maximum absolute atomic E-state index is 13.4. The van der Waals surface area contributed by atoms with Gasteiger partial charge in [0.1, 0.15) is 5.82 Å². The largest absolute Gasteiger partial charge is 0.389 e. The maximum Gasteiger partial charge on any atom is 0.147 e. The molecule has 1 aromatic heterocycles. The molecule has 1 atom stereocenters. The third-order valence-corrected chi connectivity index (χ3v) is 2.65. The standard InChI is InChI=1S/C12H13ClFN3O/c13-9-2-3-12(11(14)6-9)15-7-10(18)8-17-5-1-4-16-17/h1-6,10,15,18H,7-8H2. The number of nitrogens with one attached hydrogen (secondary N) is 1. The monoisotopic (exact) mass is 269 g/mol. The van der Waals surface area contributed by atoms with Gasteiger partial charge in [-0.15, -0.1) is 0 Å². The van der Waals surface area contributed by atoms with Crippen LogP contribution in [-0.4, -0.2) is 27.5 Å². The van der Waals surface area contributed by atoms with Gasteiger partial charge in [0, 0.05) is 24.0 Å². The van der Waals surface area contributed by atoms with Crippen LogP contribution >= 0.6 is 11.6 Å². The molecule has 18 heavy (non-hydrogen) atoms. The lowest BCUT2D eigenvalue weighted by Crippen LogP contribution is -2.25. The smallest absolute Gasteiger partial charge is 0.147 e. The van der Waals surface area contributed by atoms with E-state index in [1.54, 1.807) is 29.2 Å². The van der Waals surface area contributed by atoms with E-state index in [9.17, 15) is 9.50 Å². The summed E-state index contributed by atoms with van der Waals surface area (Å²) in [6.45, 7) is 0.591. The average Bonchev–Trinajstić information content (AvgIpc) is 2.80. The fourth-order valence-electron chi connectivity index (χ4n) is 1.55. The summed E-state index contributed by atoms with van der Waals surface area (Å²) in [5.41, 5.74) is 0.318. The second-order valence-corrected chi connectivity index (χ2v) is 4.32. The van der Waals surface area contributed by atoms with Gasteiger partial charge in [0.05, 0.1) is 18.3 Å². The van der Waals surface area contributed by atoms with Crippen molar-refractivity contribution in [3.05, 3.63) is 47.5 Å². The van der Waals surface area contributed by atoms with Gasteiger partial charge in [0.25, 0.3) is 0 Å². The van der Waals surface area contributed by atoms with Crippen molar-refractivity contribution in [2.24, 2.45) is 0 Å². The van der Waals surface area contributed by atoms with Crippen LogP contribution in [0.3, 0.4) is 0 Å². The molecule has 1 unspecified atom stereocenters. The van der Waals surface area contributed by atoms with E-state index in [0.717, 1.165) is 0 Å². The average molecular weight is 270 g/mol. The van der Waals surface area contributed by atoms with Crippen LogP contribution < -0.4 is 5.32 Å². The van der Waals surface area contributed by atoms with E-state index in [1.807, 2.05) is 0 Å². The summed E-state index contributed by atoms with van der Waals surface area (Å²) in [5, 5.41) is 16.9. The fraction of sp³-hybridized carbons (Fsp3) is 0.250. The number of anilines is 1. The number of rotatable bonds is 5. The van der Waals surface area contributed by atoms with E-state index in [-0.39, 0.29) is 6.54 Å². The van der Waals surface area contributed by atoms with Crippen LogP contribution in [0.15, 0.2) is 36.7 Å². The van der Waals surface area contributed by atoms with E-state index in [4.69, 9.17) is 11.6 Å². The molecule has 0 aliphatic heterocycles. The Morgan fingerprint density at radius 2 is 2.33 bits per heavy atom. The lowest BCUT2D eigenvalue weighted by atomic mass is 10.3. The van der Waals surface area contributed by atoms with Crippen molar-refractivity contribution in [2.45, 2.75) is 12.6 Å². The molecule has 0 aliphatic rings. The van der Waals surface area contributed by atoms with E-state index in [2.05, 4.69) is 10.4 Å². The molecule has 1 heterocycles. The second kappa shape index (κ2) is 5.84. The van der Waals surface area contributed by atoms with Crippen molar-refractivity contribution >= 4 is 17.3 Å². The molecule has 0 saturated carbocycles. The molecular weight excluding hydrogens is 257 g/mol. The summed E-state index contributed by atoms with van der Waals surface area (Å²) >= 11 is 5.65. The molecule has 2 aromatic rings. The number of aliphatic hydroxyl groups is 1. The van der Waals surface area contributed by atoms with Crippen molar-refractivity contribution in [3.8, 4) is 0 Å². The summed E-state index contributed by atoms with van der Waals surface area (Å²) in [4.78, 5) is 0. The Bertz CT molecular complexity index is 504. The highest BCUT2D eigenvalue weighted by molar-refractivity contribution is 6.30. The summed E-state index contributed by atoms with van der Waals surface area (Å²) in [5.74, 6) is -0.436. The Labute approximate surface area is 109 Å². The third kappa shape index (κ3) is 3.45. The first-order valence-electron chi connectivity index (χ1n) is 5.49. The predicted octanol–water partition coefficient (Wildman–Crippen LogP) is 2.15.